The molecule has 1 atom stereocenters. The Morgan fingerprint density at radius 1 is 1.15 bits per heavy atom. The predicted molar refractivity (Wildman–Crippen MR) is 97.3 cm³/mol. The molecule has 0 aromatic heterocycles. The number of esters is 1. The van der Waals surface area contributed by atoms with Crippen LogP contribution >= 0.6 is 0 Å². The molecule has 0 unspecified atom stereocenters. The van der Waals surface area contributed by atoms with Gasteiger partial charge in [0.1, 0.15) is 18.2 Å². The molecule has 0 saturated heterocycles. The van der Waals surface area contributed by atoms with Crippen LogP contribution in [0.3, 0.4) is 0 Å². The third-order valence-corrected chi connectivity index (χ3v) is 3.36. The lowest BCUT2D eigenvalue weighted by molar-refractivity contribution is -0.158. The third kappa shape index (κ3) is 9.66. The van der Waals surface area contributed by atoms with Gasteiger partial charge in [-0.05, 0) is 45.6 Å². The minimum atomic E-state index is -0.684. The maximum absolute atomic E-state index is 12.0. The van der Waals surface area contributed by atoms with E-state index in [9.17, 15) is 14.4 Å². The van der Waals surface area contributed by atoms with E-state index in [2.05, 4.69) is 10.6 Å². The average molecular weight is 364 g/mol. The summed E-state index contributed by atoms with van der Waals surface area (Å²) in [5.41, 5.74) is 0.312. The molecular formula is C19H28N2O5. The van der Waals surface area contributed by atoms with Crippen molar-refractivity contribution in [3.05, 3.63) is 35.9 Å². The van der Waals surface area contributed by atoms with Crippen molar-refractivity contribution in [3.63, 3.8) is 0 Å². The lowest BCUT2D eigenvalue weighted by Crippen LogP contribution is -2.40. The number of alkyl carbamates (subject to hydrolysis) is 1. The Morgan fingerprint density at radius 2 is 1.85 bits per heavy atom. The monoisotopic (exact) mass is 364 g/mol. The molecule has 0 radical (unpaired) electrons. The van der Waals surface area contributed by atoms with Crippen LogP contribution in [-0.4, -0.2) is 36.7 Å². The number of hydrogen-bond donors (Lipinski definition) is 2. The first-order valence-electron chi connectivity index (χ1n) is 8.69. The topological polar surface area (TPSA) is 93.7 Å². The van der Waals surface area contributed by atoms with Crippen molar-refractivity contribution in [3.8, 4) is 0 Å². The second kappa shape index (κ2) is 11.1. The molecule has 1 rings (SSSR count). The van der Waals surface area contributed by atoms with E-state index in [1.54, 1.807) is 20.8 Å². The zero-order valence-corrected chi connectivity index (χ0v) is 15.6. The van der Waals surface area contributed by atoms with E-state index in [0.29, 0.717) is 32.2 Å². The van der Waals surface area contributed by atoms with Crippen LogP contribution in [-0.2, 0) is 25.7 Å². The Bertz CT molecular complexity index is 569. The van der Waals surface area contributed by atoms with E-state index in [1.165, 1.54) is 0 Å². The number of carbonyl (C=O) groups is 3. The molecule has 0 heterocycles. The van der Waals surface area contributed by atoms with Crippen molar-refractivity contribution >= 4 is 18.5 Å². The van der Waals surface area contributed by atoms with E-state index < -0.39 is 23.7 Å². The van der Waals surface area contributed by atoms with Crippen LogP contribution in [0.15, 0.2) is 30.3 Å². The Balaban J connectivity index is 2.21. The van der Waals surface area contributed by atoms with Gasteiger partial charge in [0, 0.05) is 6.54 Å². The van der Waals surface area contributed by atoms with Gasteiger partial charge in [-0.1, -0.05) is 30.3 Å². The minimum absolute atomic E-state index is 0.219. The van der Waals surface area contributed by atoms with Crippen molar-refractivity contribution in [2.24, 2.45) is 0 Å². The molecule has 144 valence electrons. The number of carbonyl (C=O) groups excluding carboxylic acids is 3. The molecule has 26 heavy (non-hydrogen) atoms. The molecule has 7 heteroatoms. The fourth-order valence-electron chi connectivity index (χ4n) is 2.16. The Kier molecular flexibility index (Phi) is 9.19. The summed E-state index contributed by atoms with van der Waals surface area (Å²) in [4.78, 5) is 34.3. The van der Waals surface area contributed by atoms with Crippen LogP contribution < -0.4 is 10.6 Å². The van der Waals surface area contributed by atoms with Gasteiger partial charge >= 0.3 is 12.1 Å². The van der Waals surface area contributed by atoms with Crippen molar-refractivity contribution in [1.29, 1.82) is 0 Å². The van der Waals surface area contributed by atoms with Gasteiger partial charge in [0.2, 0.25) is 6.41 Å². The molecule has 0 aliphatic heterocycles. The van der Waals surface area contributed by atoms with Gasteiger partial charge < -0.3 is 20.1 Å². The van der Waals surface area contributed by atoms with Gasteiger partial charge in [0.25, 0.3) is 0 Å². The van der Waals surface area contributed by atoms with E-state index in [1.807, 2.05) is 30.3 Å². The number of amides is 2. The van der Waals surface area contributed by atoms with Crippen LogP contribution in [0.2, 0.25) is 0 Å². The fourth-order valence-corrected chi connectivity index (χ4v) is 2.16. The normalized spacial score (nSPS) is 12.0. The molecule has 0 aliphatic rings. The summed E-state index contributed by atoms with van der Waals surface area (Å²) in [6.45, 7) is 5.96. The molecule has 0 aliphatic carbocycles. The van der Waals surface area contributed by atoms with Gasteiger partial charge in [-0.15, -0.1) is 0 Å². The number of hydrogen-bond acceptors (Lipinski definition) is 5. The first-order valence-corrected chi connectivity index (χ1v) is 8.69. The van der Waals surface area contributed by atoms with E-state index in [4.69, 9.17) is 9.47 Å². The number of ether oxygens (including phenoxy) is 2. The maximum Gasteiger partial charge on any atom is 0.407 e. The third-order valence-electron chi connectivity index (χ3n) is 3.36. The average Bonchev–Trinajstić information content (AvgIpc) is 2.58. The highest BCUT2D eigenvalue weighted by atomic mass is 16.6. The van der Waals surface area contributed by atoms with Crippen LogP contribution in [0.5, 0.6) is 0 Å². The Labute approximate surface area is 154 Å². The van der Waals surface area contributed by atoms with Crippen LogP contribution in [0, 0.1) is 0 Å². The van der Waals surface area contributed by atoms with E-state index >= 15 is 0 Å². The highest BCUT2D eigenvalue weighted by Crippen LogP contribution is 2.11. The quantitative estimate of drug-likeness (QED) is 0.378. The highest BCUT2D eigenvalue weighted by molar-refractivity contribution is 5.78. The van der Waals surface area contributed by atoms with Crippen molar-refractivity contribution in [1.82, 2.24) is 10.6 Å². The van der Waals surface area contributed by atoms with Gasteiger partial charge in [0.05, 0.1) is 0 Å². The van der Waals surface area contributed by atoms with Crippen molar-refractivity contribution in [2.45, 2.75) is 58.3 Å². The summed E-state index contributed by atoms with van der Waals surface area (Å²) in [6.07, 6.45) is 1.75. The number of benzene rings is 1. The number of rotatable bonds is 10. The molecule has 2 N–H and O–H groups in total. The van der Waals surface area contributed by atoms with Crippen molar-refractivity contribution < 1.29 is 23.9 Å². The Hall–Kier alpha value is -2.57. The smallest absolute Gasteiger partial charge is 0.407 e. The lowest BCUT2D eigenvalue weighted by Gasteiger charge is -2.23. The van der Waals surface area contributed by atoms with Gasteiger partial charge in [-0.3, -0.25) is 4.79 Å². The molecule has 1 aromatic rings. The van der Waals surface area contributed by atoms with E-state index in [-0.39, 0.29) is 6.61 Å². The standard InChI is InChI=1S/C19H28N2O5/c1-19(2,3)26-17(23)16(21-14-22)11-7-8-12-20-18(24)25-13-15-9-5-4-6-10-15/h4-6,9-10,14,16H,7-8,11-13H2,1-3H3,(H,20,24)(H,21,22)/t16-/m0/s1. The zero-order valence-electron chi connectivity index (χ0n) is 15.6. The summed E-state index contributed by atoms with van der Waals surface area (Å²) in [6, 6.07) is 8.73. The SMILES string of the molecule is CC(C)(C)OC(=O)[C@H](CCCCNC(=O)OCc1ccccc1)NC=O. The van der Waals surface area contributed by atoms with Crippen molar-refractivity contribution in [2.75, 3.05) is 6.54 Å². The minimum Gasteiger partial charge on any atom is -0.458 e. The summed E-state index contributed by atoms with van der Waals surface area (Å²) in [7, 11) is 0. The predicted octanol–water partition coefficient (Wildman–Crippen LogP) is 2.54. The first kappa shape index (κ1) is 21.5. The molecule has 0 saturated carbocycles. The fraction of sp³-hybridized carbons (Fsp3) is 0.526. The highest BCUT2D eigenvalue weighted by Gasteiger charge is 2.24. The van der Waals surface area contributed by atoms with E-state index in [0.717, 1.165) is 5.56 Å². The molecule has 0 bridgehead atoms. The number of unbranched alkanes of at least 4 members (excludes halogenated alkanes) is 1. The molecule has 0 spiro atoms. The maximum atomic E-state index is 12.0. The second-order valence-electron chi connectivity index (χ2n) is 6.85. The zero-order chi connectivity index (χ0) is 19.4. The van der Waals surface area contributed by atoms with Crippen LogP contribution in [0.25, 0.3) is 0 Å². The summed E-state index contributed by atoms with van der Waals surface area (Å²) in [5.74, 6) is -0.458. The summed E-state index contributed by atoms with van der Waals surface area (Å²) < 4.78 is 10.4. The molecule has 2 amide bonds. The first-order chi connectivity index (χ1) is 12.3. The van der Waals surface area contributed by atoms with Crippen LogP contribution in [0.4, 0.5) is 4.79 Å². The largest absolute Gasteiger partial charge is 0.458 e. The van der Waals surface area contributed by atoms with Crippen LogP contribution in [0.1, 0.15) is 45.6 Å². The molecule has 0 fully saturated rings. The van der Waals surface area contributed by atoms with Gasteiger partial charge in [-0.25, -0.2) is 9.59 Å². The molecule has 1 aromatic carbocycles. The summed E-state index contributed by atoms with van der Waals surface area (Å²) in [5, 5.41) is 5.13. The summed E-state index contributed by atoms with van der Waals surface area (Å²) >= 11 is 0. The lowest BCUT2D eigenvalue weighted by atomic mass is 10.1. The molecular weight excluding hydrogens is 336 g/mol. The second-order valence-corrected chi connectivity index (χ2v) is 6.85. The Morgan fingerprint density at radius 3 is 2.46 bits per heavy atom. The van der Waals surface area contributed by atoms with Gasteiger partial charge in [-0.2, -0.15) is 0 Å². The van der Waals surface area contributed by atoms with Gasteiger partial charge in [0.15, 0.2) is 0 Å². The number of nitrogens with one attached hydrogen (secondary N) is 2. The molecule has 7 nitrogen and oxygen atoms in total.